The summed E-state index contributed by atoms with van der Waals surface area (Å²) < 4.78 is 26.2. The first-order valence-electron chi connectivity index (χ1n) is 6.38. The summed E-state index contributed by atoms with van der Waals surface area (Å²) in [6.45, 7) is 4.97. The highest BCUT2D eigenvalue weighted by Crippen LogP contribution is 2.16. The van der Waals surface area contributed by atoms with E-state index in [4.69, 9.17) is 11.6 Å². The van der Waals surface area contributed by atoms with E-state index in [1.54, 1.807) is 24.3 Å². The molecule has 0 unspecified atom stereocenters. The standard InChI is InChI=1S/C13H21ClN2O2S/c1-11(2)15-8-3-4-9-19(17,18)16-13-7-5-6-12(14)10-13/h5-7,10-11,15-16H,3-4,8-9H2,1-2H3. The van der Waals surface area contributed by atoms with Crippen molar-refractivity contribution < 1.29 is 8.42 Å². The largest absolute Gasteiger partial charge is 0.315 e. The molecule has 1 rings (SSSR count). The number of unbranched alkanes of at least 4 members (excludes halogenated alkanes) is 1. The summed E-state index contributed by atoms with van der Waals surface area (Å²) in [4.78, 5) is 0. The van der Waals surface area contributed by atoms with Crippen molar-refractivity contribution in [2.45, 2.75) is 32.7 Å². The van der Waals surface area contributed by atoms with E-state index in [1.807, 2.05) is 0 Å². The monoisotopic (exact) mass is 304 g/mol. The van der Waals surface area contributed by atoms with Crippen LogP contribution in [0.3, 0.4) is 0 Å². The summed E-state index contributed by atoms with van der Waals surface area (Å²) in [6.07, 6.45) is 1.48. The van der Waals surface area contributed by atoms with E-state index in [2.05, 4.69) is 23.9 Å². The Kier molecular flexibility index (Phi) is 6.62. The first kappa shape index (κ1) is 16.3. The van der Waals surface area contributed by atoms with Gasteiger partial charge in [-0.1, -0.05) is 31.5 Å². The maximum absolute atomic E-state index is 11.8. The van der Waals surface area contributed by atoms with Crippen LogP contribution in [0.2, 0.25) is 5.02 Å². The zero-order valence-corrected chi connectivity index (χ0v) is 12.9. The minimum Gasteiger partial charge on any atom is -0.315 e. The van der Waals surface area contributed by atoms with Gasteiger partial charge >= 0.3 is 0 Å². The molecule has 0 aliphatic heterocycles. The quantitative estimate of drug-likeness (QED) is 0.726. The maximum atomic E-state index is 11.8. The second-order valence-corrected chi connectivity index (χ2v) is 7.03. The van der Waals surface area contributed by atoms with Gasteiger partial charge in [0.15, 0.2) is 0 Å². The molecule has 0 amide bonds. The highest BCUT2D eigenvalue weighted by molar-refractivity contribution is 7.92. The Morgan fingerprint density at radius 3 is 2.63 bits per heavy atom. The highest BCUT2D eigenvalue weighted by atomic mass is 35.5. The normalized spacial score (nSPS) is 11.8. The van der Waals surface area contributed by atoms with E-state index in [-0.39, 0.29) is 5.75 Å². The number of anilines is 1. The van der Waals surface area contributed by atoms with Crippen molar-refractivity contribution in [1.29, 1.82) is 0 Å². The van der Waals surface area contributed by atoms with E-state index in [1.165, 1.54) is 0 Å². The molecule has 0 heterocycles. The summed E-state index contributed by atoms with van der Waals surface area (Å²) in [7, 11) is -3.29. The van der Waals surface area contributed by atoms with Crippen molar-refractivity contribution in [3.8, 4) is 0 Å². The number of nitrogens with one attached hydrogen (secondary N) is 2. The number of halogens is 1. The second-order valence-electron chi connectivity index (χ2n) is 4.75. The second kappa shape index (κ2) is 7.72. The first-order chi connectivity index (χ1) is 8.89. The van der Waals surface area contributed by atoms with Crippen LogP contribution in [0.25, 0.3) is 0 Å². The zero-order valence-electron chi connectivity index (χ0n) is 11.3. The van der Waals surface area contributed by atoms with Crippen molar-refractivity contribution >= 4 is 27.3 Å². The van der Waals surface area contributed by atoms with Crippen LogP contribution in [0, 0.1) is 0 Å². The van der Waals surface area contributed by atoms with Crippen LogP contribution in [0.4, 0.5) is 5.69 Å². The molecule has 0 aliphatic rings. The predicted octanol–water partition coefficient (Wildman–Crippen LogP) is 2.86. The predicted molar refractivity (Wildman–Crippen MR) is 81.2 cm³/mol. The third kappa shape index (κ3) is 7.40. The minimum absolute atomic E-state index is 0.124. The van der Waals surface area contributed by atoms with Crippen LogP contribution in [0.5, 0.6) is 0 Å². The van der Waals surface area contributed by atoms with Gasteiger partial charge in [0.1, 0.15) is 0 Å². The van der Waals surface area contributed by atoms with Gasteiger partial charge in [0, 0.05) is 16.8 Å². The molecule has 0 atom stereocenters. The van der Waals surface area contributed by atoms with E-state index >= 15 is 0 Å². The lowest BCUT2D eigenvalue weighted by atomic mass is 10.3. The Hall–Kier alpha value is -0.780. The zero-order chi connectivity index (χ0) is 14.3. The van der Waals surface area contributed by atoms with Gasteiger partial charge in [0.25, 0.3) is 0 Å². The fourth-order valence-corrected chi connectivity index (χ4v) is 2.95. The molecule has 0 radical (unpaired) electrons. The van der Waals surface area contributed by atoms with Crippen molar-refractivity contribution in [3.05, 3.63) is 29.3 Å². The first-order valence-corrected chi connectivity index (χ1v) is 8.41. The molecule has 0 aromatic heterocycles. The third-order valence-electron chi connectivity index (χ3n) is 2.49. The SMILES string of the molecule is CC(C)NCCCCS(=O)(=O)Nc1cccc(Cl)c1. The summed E-state index contributed by atoms with van der Waals surface area (Å²) in [6, 6.07) is 7.13. The van der Waals surface area contributed by atoms with Crippen LogP contribution in [0.1, 0.15) is 26.7 Å². The molecule has 0 fully saturated rings. The number of hydrogen-bond donors (Lipinski definition) is 2. The average Bonchev–Trinajstić information content (AvgIpc) is 2.27. The molecule has 2 N–H and O–H groups in total. The molecule has 0 saturated heterocycles. The third-order valence-corrected chi connectivity index (χ3v) is 4.10. The van der Waals surface area contributed by atoms with Gasteiger partial charge < -0.3 is 5.32 Å². The van der Waals surface area contributed by atoms with Crippen molar-refractivity contribution in [2.75, 3.05) is 17.0 Å². The van der Waals surface area contributed by atoms with Crippen molar-refractivity contribution in [1.82, 2.24) is 5.32 Å². The lowest BCUT2D eigenvalue weighted by molar-refractivity contribution is 0.561. The molecule has 1 aromatic rings. The maximum Gasteiger partial charge on any atom is 0.232 e. The van der Waals surface area contributed by atoms with E-state index in [0.717, 1.165) is 13.0 Å². The Labute approximate surface area is 120 Å². The van der Waals surface area contributed by atoms with E-state index < -0.39 is 10.0 Å². The molecule has 0 saturated carbocycles. The lowest BCUT2D eigenvalue weighted by Crippen LogP contribution is -2.24. The molecule has 6 heteroatoms. The Morgan fingerprint density at radius 2 is 2.00 bits per heavy atom. The van der Waals surface area contributed by atoms with Gasteiger partial charge in [-0.2, -0.15) is 0 Å². The highest BCUT2D eigenvalue weighted by Gasteiger charge is 2.10. The van der Waals surface area contributed by atoms with Gasteiger partial charge in [0.05, 0.1) is 5.75 Å². The topological polar surface area (TPSA) is 58.2 Å². The van der Waals surface area contributed by atoms with Crippen molar-refractivity contribution in [3.63, 3.8) is 0 Å². The molecule has 19 heavy (non-hydrogen) atoms. The van der Waals surface area contributed by atoms with E-state index in [0.29, 0.717) is 23.2 Å². The van der Waals surface area contributed by atoms with Crippen LogP contribution in [0.15, 0.2) is 24.3 Å². The van der Waals surface area contributed by atoms with Gasteiger partial charge in [-0.25, -0.2) is 8.42 Å². The summed E-state index contributed by atoms with van der Waals surface area (Å²) in [5.74, 6) is 0.124. The van der Waals surface area contributed by atoms with Crippen LogP contribution in [-0.2, 0) is 10.0 Å². The molecular formula is C13H21ClN2O2S. The van der Waals surface area contributed by atoms with Gasteiger partial charge in [-0.3, -0.25) is 4.72 Å². The Bertz CT molecular complexity index is 489. The van der Waals surface area contributed by atoms with E-state index in [9.17, 15) is 8.42 Å². The molecule has 0 aliphatic carbocycles. The van der Waals surface area contributed by atoms with Gasteiger partial charge in [-0.05, 0) is 37.6 Å². The number of sulfonamides is 1. The summed E-state index contributed by atoms with van der Waals surface area (Å²) in [5, 5.41) is 3.77. The molecule has 1 aromatic carbocycles. The Balaban J connectivity index is 2.36. The average molecular weight is 305 g/mol. The summed E-state index contributed by atoms with van der Waals surface area (Å²) >= 11 is 5.81. The molecule has 0 bridgehead atoms. The number of benzene rings is 1. The number of hydrogen-bond acceptors (Lipinski definition) is 3. The Morgan fingerprint density at radius 1 is 1.26 bits per heavy atom. The molecule has 4 nitrogen and oxygen atoms in total. The molecule has 108 valence electrons. The smallest absolute Gasteiger partial charge is 0.232 e. The summed E-state index contributed by atoms with van der Waals surface area (Å²) in [5.41, 5.74) is 0.507. The molecular weight excluding hydrogens is 284 g/mol. The van der Waals surface area contributed by atoms with Gasteiger partial charge in [-0.15, -0.1) is 0 Å². The molecule has 0 spiro atoms. The van der Waals surface area contributed by atoms with Gasteiger partial charge in [0.2, 0.25) is 10.0 Å². The van der Waals surface area contributed by atoms with Crippen LogP contribution < -0.4 is 10.0 Å². The van der Waals surface area contributed by atoms with Crippen LogP contribution in [-0.4, -0.2) is 26.8 Å². The number of rotatable bonds is 8. The van der Waals surface area contributed by atoms with Crippen LogP contribution >= 0.6 is 11.6 Å². The minimum atomic E-state index is -3.29. The van der Waals surface area contributed by atoms with Crippen molar-refractivity contribution in [2.24, 2.45) is 0 Å². The fourth-order valence-electron chi connectivity index (χ4n) is 1.59. The fraction of sp³-hybridized carbons (Fsp3) is 0.538. The lowest BCUT2D eigenvalue weighted by Gasteiger charge is -2.09.